The van der Waals surface area contributed by atoms with E-state index >= 15 is 0 Å². The number of carbonyl (C=O) groups excluding carboxylic acids is 1. The van der Waals surface area contributed by atoms with E-state index in [0.29, 0.717) is 6.61 Å². The van der Waals surface area contributed by atoms with Crippen LogP contribution < -0.4 is 0 Å². The largest absolute Gasteiger partial charge is 0.438 e. The number of ether oxygens (including phenoxy) is 2. The molecule has 0 aromatic rings. The predicted octanol–water partition coefficient (Wildman–Crippen LogP) is 1.71. The molecule has 3 heteroatoms. The van der Waals surface area contributed by atoms with Crippen LogP contribution in [0.25, 0.3) is 0 Å². The molecule has 0 spiro atoms. The van der Waals surface area contributed by atoms with Crippen molar-refractivity contribution in [2.45, 2.75) is 32.6 Å². The van der Waals surface area contributed by atoms with E-state index in [2.05, 4.69) is 0 Å². The Hall–Kier alpha value is -0.570. The van der Waals surface area contributed by atoms with Gasteiger partial charge in [0, 0.05) is 6.61 Å². The van der Waals surface area contributed by atoms with Gasteiger partial charge in [-0.15, -0.1) is 0 Å². The van der Waals surface area contributed by atoms with Crippen molar-refractivity contribution < 1.29 is 14.3 Å². The molecule has 0 unspecified atom stereocenters. The lowest BCUT2D eigenvalue weighted by atomic mass is 10.1. The van der Waals surface area contributed by atoms with Crippen molar-refractivity contribution in [3.8, 4) is 0 Å². The first-order valence-electron chi connectivity index (χ1n) is 4.59. The van der Waals surface area contributed by atoms with Gasteiger partial charge in [0.25, 0.3) is 0 Å². The van der Waals surface area contributed by atoms with Crippen LogP contribution in [-0.4, -0.2) is 19.4 Å². The van der Waals surface area contributed by atoms with Crippen molar-refractivity contribution in [1.82, 2.24) is 0 Å². The first-order valence-corrected chi connectivity index (χ1v) is 4.59. The lowest BCUT2D eigenvalue weighted by molar-refractivity contribution is -0.160. The van der Waals surface area contributed by atoms with E-state index in [0.717, 1.165) is 25.7 Å². The zero-order chi connectivity index (χ0) is 8.81. The Bertz CT molecular complexity index is 139. The van der Waals surface area contributed by atoms with E-state index in [9.17, 15) is 4.79 Å². The molecule has 1 rings (SSSR count). The number of rotatable bonds is 4. The highest BCUT2D eigenvalue weighted by Crippen LogP contribution is 2.25. The third-order valence-corrected chi connectivity index (χ3v) is 2.18. The van der Waals surface area contributed by atoms with Crippen molar-refractivity contribution in [2.75, 3.05) is 13.4 Å². The van der Waals surface area contributed by atoms with Crippen molar-refractivity contribution in [3.05, 3.63) is 0 Å². The highest BCUT2D eigenvalue weighted by atomic mass is 16.7. The van der Waals surface area contributed by atoms with E-state index in [4.69, 9.17) is 9.47 Å². The maximum absolute atomic E-state index is 11.2. The summed E-state index contributed by atoms with van der Waals surface area (Å²) in [6.07, 6.45) is 4.30. The molecule has 70 valence electrons. The van der Waals surface area contributed by atoms with Crippen LogP contribution in [0.15, 0.2) is 0 Å². The first kappa shape index (κ1) is 9.52. The lowest BCUT2D eigenvalue weighted by Gasteiger charge is -2.08. The second-order valence-corrected chi connectivity index (χ2v) is 3.06. The van der Waals surface area contributed by atoms with Crippen LogP contribution in [0.4, 0.5) is 0 Å². The molecule has 0 atom stereocenters. The standard InChI is InChI=1S/C9H16O3/c1-2-11-7-12-9(10)8-5-3-4-6-8/h8H,2-7H2,1H3. The molecule has 0 aromatic carbocycles. The van der Waals surface area contributed by atoms with Crippen LogP contribution in [0, 0.1) is 5.92 Å². The third-order valence-electron chi connectivity index (χ3n) is 2.18. The highest BCUT2D eigenvalue weighted by Gasteiger charge is 2.23. The van der Waals surface area contributed by atoms with Crippen molar-refractivity contribution >= 4 is 5.97 Å². The predicted molar refractivity (Wildman–Crippen MR) is 44.5 cm³/mol. The van der Waals surface area contributed by atoms with Gasteiger partial charge in [-0.1, -0.05) is 12.8 Å². The Labute approximate surface area is 73.0 Å². The molecule has 0 bridgehead atoms. The van der Waals surface area contributed by atoms with E-state index in [1.165, 1.54) is 0 Å². The molecule has 0 radical (unpaired) electrons. The molecular weight excluding hydrogens is 156 g/mol. The van der Waals surface area contributed by atoms with E-state index < -0.39 is 0 Å². The third kappa shape index (κ3) is 2.81. The monoisotopic (exact) mass is 172 g/mol. The summed E-state index contributed by atoms with van der Waals surface area (Å²) in [6, 6.07) is 0. The Balaban J connectivity index is 2.10. The number of hydrogen-bond acceptors (Lipinski definition) is 3. The average Bonchev–Trinajstić information content (AvgIpc) is 2.56. The smallest absolute Gasteiger partial charge is 0.311 e. The number of carbonyl (C=O) groups is 1. The molecule has 1 saturated carbocycles. The fourth-order valence-corrected chi connectivity index (χ4v) is 1.46. The van der Waals surface area contributed by atoms with Crippen LogP contribution in [-0.2, 0) is 14.3 Å². The molecule has 1 aliphatic carbocycles. The average molecular weight is 172 g/mol. The second-order valence-electron chi connectivity index (χ2n) is 3.06. The zero-order valence-corrected chi connectivity index (χ0v) is 7.54. The Kier molecular flexibility index (Phi) is 4.08. The molecule has 3 nitrogen and oxygen atoms in total. The highest BCUT2D eigenvalue weighted by molar-refractivity contribution is 5.72. The maximum Gasteiger partial charge on any atom is 0.311 e. The van der Waals surface area contributed by atoms with Gasteiger partial charge in [0.2, 0.25) is 0 Å². The lowest BCUT2D eigenvalue weighted by Crippen LogP contribution is -2.16. The molecule has 12 heavy (non-hydrogen) atoms. The van der Waals surface area contributed by atoms with E-state index in [1.807, 2.05) is 6.92 Å². The van der Waals surface area contributed by atoms with Crippen LogP contribution >= 0.6 is 0 Å². The molecule has 0 N–H and O–H groups in total. The molecule has 0 saturated heterocycles. The van der Waals surface area contributed by atoms with Gasteiger partial charge in [-0.2, -0.15) is 0 Å². The molecule has 0 heterocycles. The first-order chi connectivity index (χ1) is 5.84. The summed E-state index contributed by atoms with van der Waals surface area (Å²) < 4.78 is 9.83. The van der Waals surface area contributed by atoms with Crippen LogP contribution in [0.5, 0.6) is 0 Å². The van der Waals surface area contributed by atoms with Crippen LogP contribution in [0.3, 0.4) is 0 Å². The Morgan fingerprint density at radius 3 is 2.67 bits per heavy atom. The summed E-state index contributed by atoms with van der Waals surface area (Å²) in [6.45, 7) is 2.59. The van der Waals surface area contributed by atoms with Gasteiger partial charge in [0.15, 0.2) is 6.79 Å². The van der Waals surface area contributed by atoms with Crippen LogP contribution in [0.1, 0.15) is 32.6 Å². The van der Waals surface area contributed by atoms with Gasteiger partial charge in [-0.3, -0.25) is 4.79 Å². The van der Waals surface area contributed by atoms with E-state index in [-0.39, 0.29) is 18.7 Å². The normalized spacial score (nSPS) is 18.1. The summed E-state index contributed by atoms with van der Waals surface area (Å²) in [5.41, 5.74) is 0. The quantitative estimate of drug-likeness (QED) is 0.368. The van der Waals surface area contributed by atoms with Gasteiger partial charge in [0.05, 0.1) is 5.92 Å². The minimum absolute atomic E-state index is 0.0825. The molecule has 1 fully saturated rings. The number of esters is 1. The molecule has 0 aliphatic heterocycles. The van der Waals surface area contributed by atoms with E-state index in [1.54, 1.807) is 0 Å². The van der Waals surface area contributed by atoms with Crippen molar-refractivity contribution in [2.24, 2.45) is 5.92 Å². The summed E-state index contributed by atoms with van der Waals surface area (Å²) in [5, 5.41) is 0. The van der Waals surface area contributed by atoms with Gasteiger partial charge >= 0.3 is 5.97 Å². The summed E-state index contributed by atoms with van der Waals surface area (Å²) in [5.74, 6) is 0.0615. The van der Waals surface area contributed by atoms with Gasteiger partial charge < -0.3 is 9.47 Å². The maximum atomic E-state index is 11.2. The fourth-order valence-electron chi connectivity index (χ4n) is 1.46. The van der Waals surface area contributed by atoms with Gasteiger partial charge in [-0.25, -0.2) is 0 Å². The summed E-state index contributed by atoms with van der Waals surface area (Å²) >= 11 is 0. The molecule has 1 aliphatic rings. The molecule has 0 aromatic heterocycles. The Morgan fingerprint density at radius 2 is 2.08 bits per heavy atom. The topological polar surface area (TPSA) is 35.5 Å². The SMILES string of the molecule is CCOCOC(=O)C1CCCC1. The summed E-state index contributed by atoms with van der Waals surface area (Å²) in [7, 11) is 0. The minimum atomic E-state index is -0.0825. The fraction of sp³-hybridized carbons (Fsp3) is 0.889. The minimum Gasteiger partial charge on any atom is -0.438 e. The molecular formula is C9H16O3. The zero-order valence-electron chi connectivity index (χ0n) is 7.54. The Morgan fingerprint density at radius 1 is 1.42 bits per heavy atom. The molecule has 0 amide bonds. The van der Waals surface area contributed by atoms with Crippen molar-refractivity contribution in [1.29, 1.82) is 0 Å². The van der Waals surface area contributed by atoms with Crippen LogP contribution in [0.2, 0.25) is 0 Å². The van der Waals surface area contributed by atoms with Gasteiger partial charge in [-0.05, 0) is 19.8 Å². The summed E-state index contributed by atoms with van der Waals surface area (Å²) in [4.78, 5) is 11.2. The number of hydrogen-bond donors (Lipinski definition) is 0. The van der Waals surface area contributed by atoms with Gasteiger partial charge in [0.1, 0.15) is 0 Å². The van der Waals surface area contributed by atoms with Crippen molar-refractivity contribution in [3.63, 3.8) is 0 Å². The second kappa shape index (κ2) is 5.14.